The Morgan fingerprint density at radius 1 is 1.47 bits per heavy atom. The molecule has 0 fully saturated rings. The van der Waals surface area contributed by atoms with Gasteiger partial charge in [0.2, 0.25) is 0 Å². The maximum absolute atomic E-state index is 5.85. The van der Waals surface area contributed by atoms with Crippen molar-refractivity contribution in [3.8, 4) is 0 Å². The molecular formula is C10H15N3O2. The summed E-state index contributed by atoms with van der Waals surface area (Å²) in [6, 6.07) is 0. The van der Waals surface area contributed by atoms with Gasteiger partial charge in [-0.25, -0.2) is 9.97 Å². The molecule has 2 rings (SSSR count). The van der Waals surface area contributed by atoms with Crippen molar-refractivity contribution in [2.24, 2.45) is 0 Å². The predicted molar refractivity (Wildman–Crippen MR) is 55.2 cm³/mol. The molecule has 0 saturated heterocycles. The standard InChI is InChI=1S/C10H15N3O2/c1-6(14-2)10-12-8-3-4-15-5-7(8)9(11)13-10/h6H,3-5H2,1-2H3,(H2,11,12,13). The summed E-state index contributed by atoms with van der Waals surface area (Å²) in [5.74, 6) is 1.16. The first-order valence-corrected chi connectivity index (χ1v) is 4.98. The molecule has 0 bridgehead atoms. The molecule has 1 aromatic rings. The summed E-state index contributed by atoms with van der Waals surface area (Å²) in [6.45, 7) is 3.12. The molecule has 1 aliphatic heterocycles. The lowest BCUT2D eigenvalue weighted by atomic mass is 10.1. The quantitative estimate of drug-likeness (QED) is 0.781. The highest BCUT2D eigenvalue weighted by Gasteiger charge is 2.18. The molecule has 0 amide bonds. The van der Waals surface area contributed by atoms with Crippen molar-refractivity contribution < 1.29 is 9.47 Å². The molecule has 0 aromatic carbocycles. The Bertz CT molecular complexity index is 368. The van der Waals surface area contributed by atoms with E-state index in [0.717, 1.165) is 17.7 Å². The van der Waals surface area contributed by atoms with Gasteiger partial charge in [-0.3, -0.25) is 0 Å². The number of anilines is 1. The van der Waals surface area contributed by atoms with Crippen LogP contribution in [0, 0.1) is 0 Å². The second-order valence-electron chi connectivity index (χ2n) is 3.57. The summed E-state index contributed by atoms with van der Waals surface area (Å²) >= 11 is 0. The van der Waals surface area contributed by atoms with E-state index in [9.17, 15) is 0 Å². The van der Waals surface area contributed by atoms with E-state index in [4.69, 9.17) is 15.2 Å². The van der Waals surface area contributed by atoms with E-state index < -0.39 is 0 Å². The number of hydrogen-bond donors (Lipinski definition) is 1. The van der Waals surface area contributed by atoms with Crippen molar-refractivity contribution in [2.75, 3.05) is 19.5 Å². The number of nitrogens with zero attached hydrogens (tertiary/aromatic N) is 2. The largest absolute Gasteiger partial charge is 0.383 e. The van der Waals surface area contributed by atoms with Gasteiger partial charge in [-0.15, -0.1) is 0 Å². The van der Waals surface area contributed by atoms with Gasteiger partial charge in [0.05, 0.1) is 18.9 Å². The van der Waals surface area contributed by atoms with Crippen molar-refractivity contribution in [1.82, 2.24) is 9.97 Å². The molecule has 5 nitrogen and oxygen atoms in total. The van der Waals surface area contributed by atoms with E-state index >= 15 is 0 Å². The van der Waals surface area contributed by atoms with Gasteiger partial charge in [0.15, 0.2) is 5.82 Å². The highest BCUT2D eigenvalue weighted by Crippen LogP contribution is 2.22. The predicted octanol–water partition coefficient (Wildman–Crippen LogP) is 0.839. The number of ether oxygens (including phenoxy) is 2. The average molecular weight is 209 g/mol. The Hall–Kier alpha value is -1.20. The van der Waals surface area contributed by atoms with E-state index in [-0.39, 0.29) is 6.10 Å². The van der Waals surface area contributed by atoms with E-state index in [0.29, 0.717) is 24.9 Å². The fourth-order valence-corrected chi connectivity index (χ4v) is 1.56. The molecule has 82 valence electrons. The lowest BCUT2D eigenvalue weighted by Gasteiger charge is -2.19. The van der Waals surface area contributed by atoms with Crippen LogP contribution in [0.15, 0.2) is 0 Å². The van der Waals surface area contributed by atoms with Crippen molar-refractivity contribution in [3.63, 3.8) is 0 Å². The number of aromatic nitrogens is 2. The number of fused-ring (bicyclic) bond motifs is 1. The Balaban J connectivity index is 2.40. The van der Waals surface area contributed by atoms with Crippen LogP contribution < -0.4 is 5.73 Å². The lowest BCUT2D eigenvalue weighted by Crippen LogP contribution is -2.18. The summed E-state index contributed by atoms with van der Waals surface area (Å²) in [5.41, 5.74) is 7.77. The summed E-state index contributed by atoms with van der Waals surface area (Å²) < 4.78 is 10.5. The van der Waals surface area contributed by atoms with E-state index in [1.165, 1.54) is 0 Å². The second-order valence-corrected chi connectivity index (χ2v) is 3.57. The topological polar surface area (TPSA) is 70.3 Å². The summed E-state index contributed by atoms with van der Waals surface area (Å²) in [7, 11) is 1.63. The normalized spacial score (nSPS) is 17.2. The molecule has 2 heterocycles. The maximum atomic E-state index is 5.85. The van der Waals surface area contributed by atoms with Crippen LogP contribution in [0.4, 0.5) is 5.82 Å². The van der Waals surface area contributed by atoms with Gasteiger partial charge < -0.3 is 15.2 Å². The minimum absolute atomic E-state index is 0.125. The van der Waals surface area contributed by atoms with Crippen LogP contribution in [-0.4, -0.2) is 23.7 Å². The van der Waals surface area contributed by atoms with Crippen LogP contribution in [-0.2, 0) is 22.5 Å². The van der Waals surface area contributed by atoms with Crippen LogP contribution in [0.5, 0.6) is 0 Å². The molecule has 0 saturated carbocycles. The zero-order chi connectivity index (χ0) is 10.8. The molecule has 1 aliphatic rings. The van der Waals surface area contributed by atoms with Gasteiger partial charge in [-0.2, -0.15) is 0 Å². The molecular weight excluding hydrogens is 194 g/mol. The van der Waals surface area contributed by atoms with Gasteiger partial charge in [-0.1, -0.05) is 0 Å². The van der Waals surface area contributed by atoms with Crippen LogP contribution in [0.1, 0.15) is 30.1 Å². The molecule has 5 heteroatoms. The first-order valence-electron chi connectivity index (χ1n) is 4.98. The minimum Gasteiger partial charge on any atom is -0.383 e. The molecule has 0 radical (unpaired) electrons. The number of nitrogen functional groups attached to an aromatic ring is 1. The van der Waals surface area contributed by atoms with Crippen molar-refractivity contribution in [1.29, 1.82) is 0 Å². The van der Waals surface area contributed by atoms with Gasteiger partial charge in [0, 0.05) is 19.1 Å². The molecule has 0 spiro atoms. The number of hydrogen-bond acceptors (Lipinski definition) is 5. The fourth-order valence-electron chi connectivity index (χ4n) is 1.56. The SMILES string of the molecule is COC(C)c1nc(N)c2c(n1)CCOC2. The molecule has 1 unspecified atom stereocenters. The molecule has 15 heavy (non-hydrogen) atoms. The fraction of sp³-hybridized carbons (Fsp3) is 0.600. The third kappa shape index (κ3) is 1.93. The van der Waals surface area contributed by atoms with Crippen LogP contribution in [0.25, 0.3) is 0 Å². The summed E-state index contributed by atoms with van der Waals surface area (Å²) in [6.07, 6.45) is 0.673. The van der Waals surface area contributed by atoms with Gasteiger partial charge in [0.1, 0.15) is 11.9 Å². The average Bonchev–Trinajstić information content (AvgIpc) is 2.28. The van der Waals surface area contributed by atoms with E-state index in [2.05, 4.69) is 9.97 Å². The first-order chi connectivity index (χ1) is 7.22. The Kier molecular flexibility index (Phi) is 2.83. The van der Waals surface area contributed by atoms with Gasteiger partial charge >= 0.3 is 0 Å². The van der Waals surface area contributed by atoms with Crippen LogP contribution in [0.3, 0.4) is 0 Å². The summed E-state index contributed by atoms with van der Waals surface area (Å²) in [4.78, 5) is 8.67. The van der Waals surface area contributed by atoms with Crippen molar-refractivity contribution >= 4 is 5.82 Å². The molecule has 0 aliphatic carbocycles. The smallest absolute Gasteiger partial charge is 0.159 e. The highest BCUT2D eigenvalue weighted by molar-refractivity contribution is 5.42. The third-order valence-electron chi connectivity index (χ3n) is 2.59. The van der Waals surface area contributed by atoms with Crippen molar-refractivity contribution in [2.45, 2.75) is 26.1 Å². The zero-order valence-corrected chi connectivity index (χ0v) is 8.99. The number of nitrogens with two attached hydrogens (primary N) is 1. The Labute approximate surface area is 88.6 Å². The third-order valence-corrected chi connectivity index (χ3v) is 2.59. The van der Waals surface area contributed by atoms with E-state index in [1.54, 1.807) is 7.11 Å². The zero-order valence-electron chi connectivity index (χ0n) is 8.99. The second kappa shape index (κ2) is 4.12. The number of rotatable bonds is 2. The monoisotopic (exact) mass is 209 g/mol. The van der Waals surface area contributed by atoms with Crippen LogP contribution in [0.2, 0.25) is 0 Å². The van der Waals surface area contributed by atoms with Crippen molar-refractivity contribution in [3.05, 3.63) is 17.1 Å². The van der Waals surface area contributed by atoms with Crippen LogP contribution >= 0.6 is 0 Å². The van der Waals surface area contributed by atoms with Gasteiger partial charge in [0.25, 0.3) is 0 Å². The molecule has 2 N–H and O–H groups in total. The highest BCUT2D eigenvalue weighted by atomic mass is 16.5. The summed E-state index contributed by atoms with van der Waals surface area (Å²) in [5, 5.41) is 0. The maximum Gasteiger partial charge on any atom is 0.159 e. The first kappa shape index (κ1) is 10.3. The number of methoxy groups -OCH3 is 1. The van der Waals surface area contributed by atoms with Gasteiger partial charge in [-0.05, 0) is 6.92 Å². The lowest BCUT2D eigenvalue weighted by molar-refractivity contribution is 0.103. The Morgan fingerprint density at radius 3 is 3.00 bits per heavy atom. The molecule has 1 aromatic heterocycles. The van der Waals surface area contributed by atoms with E-state index in [1.807, 2.05) is 6.92 Å². The molecule has 1 atom stereocenters. The Morgan fingerprint density at radius 2 is 2.27 bits per heavy atom. The minimum atomic E-state index is -0.125.